The summed E-state index contributed by atoms with van der Waals surface area (Å²) in [4.78, 5) is 11.6. The zero-order valence-electron chi connectivity index (χ0n) is 22.0. The fourth-order valence-corrected chi connectivity index (χ4v) is 4.66. The predicted molar refractivity (Wildman–Crippen MR) is 150 cm³/mol. The van der Waals surface area contributed by atoms with Crippen molar-refractivity contribution in [2.45, 2.75) is 40.7 Å². The Morgan fingerprint density at radius 1 is 1.16 bits per heavy atom. The number of allylic oxidation sites excluding steroid dienone is 7. The lowest BCUT2D eigenvalue weighted by atomic mass is 9.96. The van der Waals surface area contributed by atoms with Gasteiger partial charge in [-0.2, -0.15) is 5.10 Å². The number of aromatic nitrogens is 2. The third-order valence-electron chi connectivity index (χ3n) is 6.79. The van der Waals surface area contributed by atoms with Gasteiger partial charge in [-0.25, -0.2) is 4.79 Å². The van der Waals surface area contributed by atoms with Gasteiger partial charge in [-0.3, -0.25) is 4.68 Å². The Hall–Kier alpha value is -4.34. The number of hydrogen-bond donors (Lipinski definition) is 1. The summed E-state index contributed by atoms with van der Waals surface area (Å²) in [6, 6.07) is 11.7. The van der Waals surface area contributed by atoms with Crippen LogP contribution in [0.1, 0.15) is 55.2 Å². The molecule has 0 saturated carbocycles. The van der Waals surface area contributed by atoms with Gasteiger partial charge in [-0.15, -0.1) is 5.73 Å². The first-order valence-electron chi connectivity index (χ1n) is 12.3. The summed E-state index contributed by atoms with van der Waals surface area (Å²) in [5, 5.41) is 15.6. The van der Waals surface area contributed by atoms with Gasteiger partial charge in [-0.05, 0) is 81.7 Å². The van der Waals surface area contributed by atoms with E-state index >= 15 is 0 Å². The largest absolute Gasteiger partial charge is 0.493 e. The van der Waals surface area contributed by atoms with Gasteiger partial charge in [0, 0.05) is 22.1 Å². The maximum Gasteiger partial charge on any atom is 0.335 e. The maximum absolute atomic E-state index is 11.6. The molecule has 0 aliphatic carbocycles. The Kier molecular flexibility index (Phi) is 7.47. The van der Waals surface area contributed by atoms with Crippen molar-refractivity contribution in [3.8, 4) is 11.3 Å². The van der Waals surface area contributed by atoms with Crippen LogP contribution >= 0.6 is 0 Å². The molecule has 0 saturated heterocycles. The molecule has 1 atom stereocenters. The number of hydrogen-bond acceptors (Lipinski definition) is 3. The van der Waals surface area contributed by atoms with Crippen LogP contribution in [0.2, 0.25) is 0 Å². The van der Waals surface area contributed by atoms with Crippen LogP contribution in [0.4, 0.5) is 0 Å². The molecule has 0 amide bonds. The lowest BCUT2D eigenvalue weighted by Crippen LogP contribution is -2.08. The van der Waals surface area contributed by atoms with E-state index in [1.54, 1.807) is 12.1 Å². The molecule has 0 bridgehead atoms. The van der Waals surface area contributed by atoms with E-state index in [0.29, 0.717) is 17.7 Å². The van der Waals surface area contributed by atoms with E-state index in [9.17, 15) is 9.90 Å². The van der Waals surface area contributed by atoms with Crippen molar-refractivity contribution in [1.29, 1.82) is 0 Å². The first kappa shape index (κ1) is 25.7. The van der Waals surface area contributed by atoms with Crippen LogP contribution in [0, 0.1) is 6.92 Å². The first-order valence-corrected chi connectivity index (χ1v) is 12.3. The first-order chi connectivity index (χ1) is 17.7. The molecule has 2 heterocycles. The molecule has 0 fully saturated rings. The minimum Gasteiger partial charge on any atom is -0.493 e. The van der Waals surface area contributed by atoms with Crippen LogP contribution in [-0.2, 0) is 4.74 Å². The molecule has 4 rings (SSSR count). The van der Waals surface area contributed by atoms with Crippen LogP contribution < -0.4 is 0 Å². The highest BCUT2D eigenvalue weighted by atomic mass is 16.5. The fourth-order valence-electron chi connectivity index (χ4n) is 4.66. The Balaban J connectivity index is 1.95. The summed E-state index contributed by atoms with van der Waals surface area (Å²) in [7, 11) is 0. The molecule has 1 aliphatic rings. The normalized spacial score (nSPS) is 15.1. The number of fused-ring (bicyclic) bond motifs is 1. The molecule has 37 heavy (non-hydrogen) atoms. The van der Waals surface area contributed by atoms with Gasteiger partial charge >= 0.3 is 5.97 Å². The quantitative estimate of drug-likeness (QED) is 0.270. The predicted octanol–water partition coefficient (Wildman–Crippen LogP) is 7.82. The molecule has 0 spiro atoms. The number of benzene rings is 2. The average molecular weight is 493 g/mol. The van der Waals surface area contributed by atoms with Gasteiger partial charge in [-0.1, -0.05) is 43.0 Å². The molecule has 2 aromatic carbocycles. The number of carboxylic acids is 1. The number of carbonyl (C=O) groups is 1. The summed E-state index contributed by atoms with van der Waals surface area (Å²) in [6.45, 7) is 14.3. The summed E-state index contributed by atoms with van der Waals surface area (Å²) < 4.78 is 7.93. The SMILES string of the molecule is C=C/C=C\C=C(/C)[C@H](C)n1nc(-c2ccc(C(=O)O)c(C)c2)c2ccc(C3=C(C)OCC=C=C3C)cc21. The molecule has 1 aromatic heterocycles. The van der Waals surface area contributed by atoms with E-state index in [1.807, 2.05) is 55.8 Å². The molecule has 3 aromatic rings. The Morgan fingerprint density at radius 3 is 2.62 bits per heavy atom. The van der Waals surface area contributed by atoms with Crippen LogP contribution in [-0.4, -0.2) is 27.5 Å². The molecule has 5 nitrogen and oxygen atoms in total. The number of carboxylic acid groups (broad SMARTS) is 1. The molecule has 5 heteroatoms. The highest BCUT2D eigenvalue weighted by Crippen LogP contribution is 2.36. The van der Waals surface area contributed by atoms with Crippen LogP contribution in [0.15, 0.2) is 96.0 Å². The number of aryl methyl sites for hydroxylation is 1. The van der Waals surface area contributed by atoms with Crippen molar-refractivity contribution < 1.29 is 14.6 Å². The second kappa shape index (κ2) is 10.7. The van der Waals surface area contributed by atoms with E-state index in [1.165, 1.54) is 0 Å². The molecular formula is C32H32N2O3. The zero-order chi connectivity index (χ0) is 26.7. The van der Waals surface area contributed by atoms with E-state index < -0.39 is 5.97 Å². The number of rotatable bonds is 7. The van der Waals surface area contributed by atoms with Crippen molar-refractivity contribution in [3.63, 3.8) is 0 Å². The number of aromatic carboxylic acids is 1. The van der Waals surface area contributed by atoms with Gasteiger partial charge in [0.1, 0.15) is 18.1 Å². The minimum atomic E-state index is -0.933. The highest BCUT2D eigenvalue weighted by Gasteiger charge is 2.20. The van der Waals surface area contributed by atoms with Crippen molar-refractivity contribution in [2.75, 3.05) is 6.61 Å². The third-order valence-corrected chi connectivity index (χ3v) is 6.79. The van der Waals surface area contributed by atoms with Gasteiger partial charge in [0.15, 0.2) is 0 Å². The highest BCUT2D eigenvalue weighted by molar-refractivity contribution is 5.97. The minimum absolute atomic E-state index is 0.0163. The van der Waals surface area contributed by atoms with Crippen molar-refractivity contribution in [2.24, 2.45) is 0 Å². The number of ether oxygens (including phenoxy) is 1. The van der Waals surface area contributed by atoms with Gasteiger partial charge in [0.25, 0.3) is 0 Å². The second-order valence-electron chi connectivity index (χ2n) is 9.28. The molecular weight excluding hydrogens is 460 g/mol. The molecule has 1 aliphatic heterocycles. The van der Waals surface area contributed by atoms with Crippen LogP contribution in [0.3, 0.4) is 0 Å². The van der Waals surface area contributed by atoms with Crippen LogP contribution in [0.5, 0.6) is 0 Å². The van der Waals surface area contributed by atoms with Crippen molar-refractivity contribution >= 4 is 22.4 Å². The van der Waals surface area contributed by atoms with E-state index in [2.05, 4.69) is 50.4 Å². The standard InChI is InChI=1S/C32H32N2O3/c1-7-8-9-11-20(2)23(5)34-29-19-25(30-21(3)12-10-17-37-24(30)6)13-16-28(29)31(33-34)26-14-15-27(32(35)36)22(4)18-26/h7-11,13-16,18-19,23H,1,17H2,2-6H3,(H,35,36)/b9-8-,20-11+/t23-/m0/s1. The number of nitrogens with zero attached hydrogens (tertiary/aromatic N) is 2. The Bertz CT molecular complexity index is 1560. The molecule has 1 N–H and O–H groups in total. The molecule has 0 unspecified atom stereocenters. The monoisotopic (exact) mass is 492 g/mol. The molecule has 188 valence electrons. The average Bonchev–Trinajstić information content (AvgIpc) is 3.16. The van der Waals surface area contributed by atoms with Gasteiger partial charge in [0.05, 0.1) is 17.1 Å². The third kappa shape index (κ3) is 5.13. The van der Waals surface area contributed by atoms with Crippen LogP contribution in [0.25, 0.3) is 27.7 Å². The fraction of sp³-hybridized carbons (Fsp3) is 0.219. The summed E-state index contributed by atoms with van der Waals surface area (Å²) in [5.41, 5.74) is 11.2. The maximum atomic E-state index is 11.6. The molecule has 0 radical (unpaired) electrons. The second-order valence-corrected chi connectivity index (χ2v) is 9.28. The topological polar surface area (TPSA) is 64.4 Å². The van der Waals surface area contributed by atoms with Gasteiger partial charge in [0.2, 0.25) is 0 Å². The summed E-state index contributed by atoms with van der Waals surface area (Å²) in [5.74, 6) is -0.0688. The summed E-state index contributed by atoms with van der Waals surface area (Å²) >= 11 is 0. The van der Waals surface area contributed by atoms with Crippen molar-refractivity contribution in [3.05, 3.63) is 113 Å². The smallest absolute Gasteiger partial charge is 0.335 e. The summed E-state index contributed by atoms with van der Waals surface area (Å²) in [6.07, 6.45) is 9.60. The van der Waals surface area contributed by atoms with Crippen molar-refractivity contribution in [1.82, 2.24) is 9.78 Å². The van der Waals surface area contributed by atoms with E-state index in [4.69, 9.17) is 9.84 Å². The van der Waals surface area contributed by atoms with Gasteiger partial charge < -0.3 is 9.84 Å². The lowest BCUT2D eigenvalue weighted by molar-refractivity contribution is 0.0696. The van der Waals surface area contributed by atoms with E-state index in [-0.39, 0.29) is 6.04 Å². The lowest BCUT2D eigenvalue weighted by Gasteiger charge is -2.16. The van der Waals surface area contributed by atoms with E-state index in [0.717, 1.165) is 50.2 Å². The zero-order valence-corrected chi connectivity index (χ0v) is 22.0. The Morgan fingerprint density at radius 2 is 1.92 bits per heavy atom. The Labute approximate surface area is 218 Å².